The molecule has 118 valence electrons. The molecule has 0 fully saturated rings. The third-order valence-corrected chi connectivity index (χ3v) is 4.15. The molecule has 5 heteroatoms. The molecule has 1 amide bonds. The van der Waals surface area contributed by atoms with E-state index in [4.69, 9.17) is 4.74 Å². The molecule has 0 bridgehead atoms. The molecule has 0 atom stereocenters. The molecular formula is C18H18N2O2S. The van der Waals surface area contributed by atoms with E-state index in [1.54, 1.807) is 12.1 Å². The first-order valence-electron chi connectivity index (χ1n) is 7.51. The summed E-state index contributed by atoms with van der Waals surface area (Å²) in [7, 11) is 0. The molecule has 3 rings (SSSR count). The Labute approximate surface area is 139 Å². The number of fused-ring (bicyclic) bond motifs is 1. The van der Waals surface area contributed by atoms with Gasteiger partial charge in [0.05, 0.1) is 16.8 Å². The minimum atomic E-state index is -0.181. The molecule has 0 saturated carbocycles. The van der Waals surface area contributed by atoms with Crippen molar-refractivity contribution in [2.24, 2.45) is 5.92 Å². The van der Waals surface area contributed by atoms with Crippen LogP contribution in [0.1, 0.15) is 24.2 Å². The predicted octanol–water partition coefficient (Wildman–Crippen LogP) is 4.58. The summed E-state index contributed by atoms with van der Waals surface area (Å²) in [5.74, 6) is 0.963. The minimum Gasteiger partial charge on any atom is -0.493 e. The fraction of sp³-hybridized carbons (Fsp3) is 0.222. The number of thiazole rings is 1. The van der Waals surface area contributed by atoms with Gasteiger partial charge in [-0.1, -0.05) is 43.4 Å². The van der Waals surface area contributed by atoms with Crippen LogP contribution in [-0.4, -0.2) is 17.5 Å². The van der Waals surface area contributed by atoms with Crippen LogP contribution in [0.3, 0.4) is 0 Å². The maximum absolute atomic E-state index is 12.4. The molecule has 0 radical (unpaired) electrons. The number of rotatable bonds is 5. The number of para-hydroxylation sites is 1. The molecule has 0 spiro atoms. The maximum Gasteiger partial charge on any atom is 0.257 e. The highest BCUT2D eigenvalue weighted by Crippen LogP contribution is 2.26. The van der Waals surface area contributed by atoms with E-state index in [1.165, 1.54) is 11.3 Å². The molecule has 0 aliphatic heterocycles. The number of nitrogens with zero attached hydrogens (tertiary/aromatic N) is 1. The molecule has 4 nitrogen and oxygen atoms in total. The zero-order valence-corrected chi connectivity index (χ0v) is 13.9. The topological polar surface area (TPSA) is 51.2 Å². The summed E-state index contributed by atoms with van der Waals surface area (Å²) in [6.07, 6.45) is 0. The number of anilines is 1. The number of amides is 1. The van der Waals surface area contributed by atoms with Crippen LogP contribution >= 0.6 is 11.3 Å². The standard InChI is InChI=1S/C18H18N2O2S/c1-12(2)11-22-14-7-5-6-13(10-14)17(21)20-18-19-15-8-3-4-9-16(15)23-18/h3-10,12H,11H2,1-2H3,(H,19,20,21). The number of aromatic nitrogens is 1. The number of hydrogen-bond acceptors (Lipinski definition) is 4. The first kappa shape index (κ1) is 15.5. The molecule has 1 N–H and O–H groups in total. The van der Waals surface area contributed by atoms with Crippen molar-refractivity contribution in [3.63, 3.8) is 0 Å². The van der Waals surface area contributed by atoms with Crippen LogP contribution in [-0.2, 0) is 0 Å². The Kier molecular flexibility index (Phi) is 4.57. The fourth-order valence-electron chi connectivity index (χ4n) is 2.08. The quantitative estimate of drug-likeness (QED) is 0.746. The monoisotopic (exact) mass is 326 g/mol. The van der Waals surface area contributed by atoms with Crippen molar-refractivity contribution in [3.05, 3.63) is 54.1 Å². The Morgan fingerprint density at radius 3 is 2.83 bits per heavy atom. The van der Waals surface area contributed by atoms with Gasteiger partial charge >= 0.3 is 0 Å². The second kappa shape index (κ2) is 6.79. The Morgan fingerprint density at radius 1 is 1.22 bits per heavy atom. The first-order valence-corrected chi connectivity index (χ1v) is 8.33. The van der Waals surface area contributed by atoms with E-state index in [9.17, 15) is 4.79 Å². The predicted molar refractivity (Wildman–Crippen MR) is 94.3 cm³/mol. The Balaban J connectivity index is 1.73. The summed E-state index contributed by atoms with van der Waals surface area (Å²) in [4.78, 5) is 16.8. The zero-order valence-electron chi connectivity index (χ0n) is 13.1. The molecule has 3 aromatic rings. The molecule has 2 aromatic carbocycles. The normalized spacial score (nSPS) is 10.9. The molecule has 1 aromatic heterocycles. The average molecular weight is 326 g/mol. The summed E-state index contributed by atoms with van der Waals surface area (Å²) in [5.41, 5.74) is 1.45. The van der Waals surface area contributed by atoms with Gasteiger partial charge in [-0.05, 0) is 36.2 Å². The van der Waals surface area contributed by atoms with Gasteiger partial charge in [0.15, 0.2) is 5.13 Å². The van der Waals surface area contributed by atoms with Crippen molar-refractivity contribution in [1.82, 2.24) is 4.98 Å². The molecule has 0 aliphatic rings. The lowest BCUT2D eigenvalue weighted by Crippen LogP contribution is -2.12. The third kappa shape index (κ3) is 3.87. The van der Waals surface area contributed by atoms with Crippen molar-refractivity contribution < 1.29 is 9.53 Å². The molecule has 23 heavy (non-hydrogen) atoms. The number of nitrogens with one attached hydrogen (secondary N) is 1. The van der Waals surface area contributed by atoms with Gasteiger partial charge in [-0.15, -0.1) is 0 Å². The summed E-state index contributed by atoms with van der Waals surface area (Å²) in [5, 5.41) is 3.45. The smallest absolute Gasteiger partial charge is 0.257 e. The second-order valence-electron chi connectivity index (χ2n) is 5.67. The van der Waals surface area contributed by atoms with Crippen LogP contribution in [0.5, 0.6) is 5.75 Å². The van der Waals surface area contributed by atoms with Crippen LogP contribution in [0.4, 0.5) is 5.13 Å². The van der Waals surface area contributed by atoms with Crippen LogP contribution < -0.4 is 10.1 Å². The van der Waals surface area contributed by atoms with Crippen molar-refractivity contribution in [2.45, 2.75) is 13.8 Å². The Morgan fingerprint density at radius 2 is 2.04 bits per heavy atom. The highest BCUT2D eigenvalue weighted by Gasteiger charge is 2.10. The van der Waals surface area contributed by atoms with Gasteiger partial charge in [0.1, 0.15) is 5.75 Å². The van der Waals surface area contributed by atoms with Crippen LogP contribution in [0, 0.1) is 5.92 Å². The third-order valence-electron chi connectivity index (χ3n) is 3.19. The van der Waals surface area contributed by atoms with Crippen LogP contribution in [0.15, 0.2) is 48.5 Å². The average Bonchev–Trinajstić information content (AvgIpc) is 2.95. The van der Waals surface area contributed by atoms with Gasteiger partial charge in [-0.25, -0.2) is 4.98 Å². The Bertz CT molecular complexity index is 794. The van der Waals surface area contributed by atoms with Crippen molar-refractivity contribution in [1.29, 1.82) is 0 Å². The minimum absolute atomic E-state index is 0.181. The fourth-order valence-corrected chi connectivity index (χ4v) is 2.95. The highest BCUT2D eigenvalue weighted by molar-refractivity contribution is 7.22. The molecule has 0 saturated heterocycles. The highest BCUT2D eigenvalue weighted by atomic mass is 32.1. The van der Waals surface area contributed by atoms with Crippen molar-refractivity contribution >= 4 is 32.6 Å². The van der Waals surface area contributed by atoms with Crippen LogP contribution in [0.2, 0.25) is 0 Å². The number of carbonyl (C=O) groups excluding carboxylic acids is 1. The van der Waals surface area contributed by atoms with Gasteiger partial charge < -0.3 is 4.74 Å². The number of ether oxygens (including phenoxy) is 1. The van der Waals surface area contributed by atoms with Crippen molar-refractivity contribution in [2.75, 3.05) is 11.9 Å². The zero-order chi connectivity index (χ0) is 16.2. The molecule has 0 aliphatic carbocycles. The summed E-state index contributed by atoms with van der Waals surface area (Å²) in [6.45, 7) is 4.80. The number of benzene rings is 2. The SMILES string of the molecule is CC(C)COc1cccc(C(=O)Nc2nc3ccccc3s2)c1. The van der Waals surface area contributed by atoms with Gasteiger partial charge in [0.2, 0.25) is 0 Å². The van der Waals surface area contributed by atoms with Crippen molar-refractivity contribution in [3.8, 4) is 5.75 Å². The first-order chi connectivity index (χ1) is 11.1. The Hall–Kier alpha value is -2.40. The van der Waals surface area contributed by atoms with E-state index < -0.39 is 0 Å². The summed E-state index contributed by atoms with van der Waals surface area (Å²) < 4.78 is 6.72. The lowest BCUT2D eigenvalue weighted by Gasteiger charge is -2.09. The van der Waals surface area contributed by atoms with Gasteiger partial charge in [-0.2, -0.15) is 0 Å². The lowest BCUT2D eigenvalue weighted by atomic mass is 10.2. The largest absolute Gasteiger partial charge is 0.493 e. The van der Waals surface area contributed by atoms with E-state index >= 15 is 0 Å². The van der Waals surface area contributed by atoms with E-state index in [-0.39, 0.29) is 5.91 Å². The van der Waals surface area contributed by atoms with Gasteiger partial charge in [0.25, 0.3) is 5.91 Å². The second-order valence-corrected chi connectivity index (χ2v) is 6.70. The van der Waals surface area contributed by atoms with E-state index in [1.807, 2.05) is 36.4 Å². The van der Waals surface area contributed by atoms with Gasteiger partial charge in [-0.3, -0.25) is 10.1 Å². The maximum atomic E-state index is 12.4. The molecule has 0 unspecified atom stereocenters. The molecule has 1 heterocycles. The van der Waals surface area contributed by atoms with E-state index in [2.05, 4.69) is 24.1 Å². The molecular weight excluding hydrogens is 308 g/mol. The number of carbonyl (C=O) groups is 1. The van der Waals surface area contributed by atoms with E-state index in [0.29, 0.717) is 29.0 Å². The van der Waals surface area contributed by atoms with Gasteiger partial charge in [0, 0.05) is 5.56 Å². The number of hydrogen-bond donors (Lipinski definition) is 1. The lowest BCUT2D eigenvalue weighted by molar-refractivity contribution is 0.102. The van der Waals surface area contributed by atoms with Crippen LogP contribution in [0.25, 0.3) is 10.2 Å². The summed E-state index contributed by atoms with van der Waals surface area (Å²) in [6, 6.07) is 15.0. The summed E-state index contributed by atoms with van der Waals surface area (Å²) >= 11 is 1.46. The van der Waals surface area contributed by atoms with E-state index in [0.717, 1.165) is 10.2 Å².